The molecule has 1 fully saturated rings. The molecule has 0 unspecified atom stereocenters. The minimum atomic E-state index is 0.463. The molecular formula is C7H13NO. The maximum absolute atomic E-state index is 7.32. The Hall–Kier alpha value is -0.530. The summed E-state index contributed by atoms with van der Waals surface area (Å²) >= 11 is 0. The molecule has 1 rings (SSSR count). The lowest BCUT2D eigenvalue weighted by Crippen LogP contribution is -2.23. The first-order valence-electron chi connectivity index (χ1n) is 3.56. The molecule has 1 N–H and O–H groups in total. The lowest BCUT2D eigenvalue weighted by atomic mass is 9.85. The summed E-state index contributed by atoms with van der Waals surface area (Å²) in [7, 11) is 0. The van der Waals surface area contributed by atoms with Crippen molar-refractivity contribution in [3.05, 3.63) is 0 Å². The first-order valence-corrected chi connectivity index (χ1v) is 3.56. The van der Waals surface area contributed by atoms with Crippen LogP contribution >= 0.6 is 0 Å². The highest BCUT2D eigenvalue weighted by atomic mass is 16.5. The Morgan fingerprint density at radius 2 is 2.33 bits per heavy atom. The fourth-order valence-corrected chi connectivity index (χ4v) is 0.944. The Morgan fingerprint density at radius 3 is 2.67 bits per heavy atom. The van der Waals surface area contributed by atoms with E-state index >= 15 is 0 Å². The molecule has 2 nitrogen and oxygen atoms in total. The molecule has 2 heteroatoms. The molecule has 0 atom stereocenters. The largest absolute Gasteiger partial charge is 0.481 e. The van der Waals surface area contributed by atoms with Gasteiger partial charge in [0, 0.05) is 5.92 Å². The van der Waals surface area contributed by atoms with Gasteiger partial charge in [-0.05, 0) is 19.8 Å². The van der Waals surface area contributed by atoms with E-state index in [1.54, 1.807) is 0 Å². The van der Waals surface area contributed by atoms with Gasteiger partial charge in [-0.3, -0.25) is 5.41 Å². The van der Waals surface area contributed by atoms with Gasteiger partial charge in [0.1, 0.15) is 0 Å². The van der Waals surface area contributed by atoms with Crippen molar-refractivity contribution in [3.63, 3.8) is 0 Å². The van der Waals surface area contributed by atoms with E-state index in [2.05, 4.69) is 0 Å². The summed E-state index contributed by atoms with van der Waals surface area (Å²) in [5.74, 6) is 0.966. The second kappa shape index (κ2) is 2.85. The summed E-state index contributed by atoms with van der Waals surface area (Å²) in [6.45, 7) is 2.57. The maximum atomic E-state index is 7.32. The summed E-state index contributed by atoms with van der Waals surface area (Å²) in [4.78, 5) is 0. The summed E-state index contributed by atoms with van der Waals surface area (Å²) in [6, 6.07) is 0. The van der Waals surface area contributed by atoms with Crippen LogP contribution in [0.5, 0.6) is 0 Å². The fourth-order valence-electron chi connectivity index (χ4n) is 0.944. The predicted octanol–water partition coefficient (Wildman–Crippen LogP) is 1.80. The lowest BCUT2D eigenvalue weighted by molar-refractivity contribution is 0.261. The highest BCUT2D eigenvalue weighted by molar-refractivity contribution is 5.76. The molecule has 0 aromatic heterocycles. The quantitative estimate of drug-likeness (QED) is 0.445. The van der Waals surface area contributed by atoms with Gasteiger partial charge in [0.2, 0.25) is 0 Å². The first kappa shape index (κ1) is 6.59. The SMILES string of the molecule is CCOC(=N)C1CCC1. The molecule has 0 spiro atoms. The van der Waals surface area contributed by atoms with Crippen LogP contribution in [0, 0.1) is 11.3 Å². The Balaban J connectivity index is 2.16. The topological polar surface area (TPSA) is 33.1 Å². The zero-order chi connectivity index (χ0) is 6.69. The summed E-state index contributed by atoms with van der Waals surface area (Å²) in [5.41, 5.74) is 0. The van der Waals surface area contributed by atoms with E-state index in [1.807, 2.05) is 6.92 Å². The predicted molar refractivity (Wildman–Crippen MR) is 36.7 cm³/mol. The first-order chi connectivity index (χ1) is 4.34. The van der Waals surface area contributed by atoms with Crippen molar-refractivity contribution in [1.82, 2.24) is 0 Å². The maximum Gasteiger partial charge on any atom is 0.183 e. The van der Waals surface area contributed by atoms with Crippen LogP contribution in [0.15, 0.2) is 0 Å². The molecule has 0 bridgehead atoms. The van der Waals surface area contributed by atoms with Crippen LogP contribution in [-0.4, -0.2) is 12.5 Å². The number of hydrogen-bond donors (Lipinski definition) is 1. The van der Waals surface area contributed by atoms with E-state index in [-0.39, 0.29) is 0 Å². The molecule has 0 radical (unpaired) electrons. The Kier molecular flexibility index (Phi) is 2.09. The van der Waals surface area contributed by atoms with Crippen molar-refractivity contribution in [2.24, 2.45) is 5.92 Å². The smallest absolute Gasteiger partial charge is 0.183 e. The van der Waals surface area contributed by atoms with Crippen LogP contribution in [-0.2, 0) is 4.74 Å². The van der Waals surface area contributed by atoms with Crippen LogP contribution in [0.4, 0.5) is 0 Å². The number of ether oxygens (including phenoxy) is 1. The van der Waals surface area contributed by atoms with Crippen LogP contribution in [0.1, 0.15) is 26.2 Å². The normalized spacial score (nSPS) is 18.8. The molecule has 1 aliphatic carbocycles. The van der Waals surface area contributed by atoms with Crippen LogP contribution in [0.2, 0.25) is 0 Å². The van der Waals surface area contributed by atoms with E-state index < -0.39 is 0 Å². The Morgan fingerprint density at radius 1 is 1.67 bits per heavy atom. The molecule has 1 saturated carbocycles. The highest BCUT2D eigenvalue weighted by Crippen LogP contribution is 2.27. The van der Waals surface area contributed by atoms with E-state index in [0.29, 0.717) is 18.4 Å². The van der Waals surface area contributed by atoms with Crippen molar-refractivity contribution in [1.29, 1.82) is 5.41 Å². The molecule has 0 aromatic rings. The van der Waals surface area contributed by atoms with Gasteiger partial charge in [-0.1, -0.05) is 6.42 Å². The average molecular weight is 127 g/mol. The number of hydrogen-bond acceptors (Lipinski definition) is 2. The lowest BCUT2D eigenvalue weighted by Gasteiger charge is -2.24. The molecular weight excluding hydrogens is 114 g/mol. The second-order valence-corrected chi connectivity index (χ2v) is 2.43. The summed E-state index contributed by atoms with van der Waals surface area (Å²) in [5, 5.41) is 7.32. The molecule has 52 valence electrons. The minimum absolute atomic E-state index is 0.463. The van der Waals surface area contributed by atoms with Gasteiger partial charge < -0.3 is 4.74 Å². The van der Waals surface area contributed by atoms with Gasteiger partial charge in [-0.15, -0.1) is 0 Å². The fraction of sp³-hybridized carbons (Fsp3) is 0.857. The summed E-state index contributed by atoms with van der Waals surface area (Å²) < 4.78 is 5.03. The molecule has 0 aromatic carbocycles. The molecule has 0 saturated heterocycles. The number of nitrogens with one attached hydrogen (secondary N) is 1. The van der Waals surface area contributed by atoms with Crippen LogP contribution in [0.3, 0.4) is 0 Å². The van der Waals surface area contributed by atoms with Gasteiger partial charge in [0.05, 0.1) is 6.61 Å². The average Bonchev–Trinajstić information content (AvgIpc) is 1.60. The number of rotatable bonds is 2. The van der Waals surface area contributed by atoms with E-state index in [4.69, 9.17) is 10.1 Å². The van der Waals surface area contributed by atoms with Crippen molar-refractivity contribution in [2.75, 3.05) is 6.61 Å². The Labute approximate surface area is 55.7 Å². The third kappa shape index (κ3) is 1.44. The van der Waals surface area contributed by atoms with E-state index in [0.717, 1.165) is 0 Å². The van der Waals surface area contributed by atoms with E-state index in [1.165, 1.54) is 19.3 Å². The molecule has 9 heavy (non-hydrogen) atoms. The standard InChI is InChI=1S/C7H13NO/c1-2-9-7(8)6-4-3-5-6/h6,8H,2-5H2,1H3. The zero-order valence-electron chi connectivity index (χ0n) is 5.81. The van der Waals surface area contributed by atoms with Crippen molar-refractivity contribution >= 4 is 5.90 Å². The Bertz CT molecular complexity index is 107. The third-order valence-corrected chi connectivity index (χ3v) is 1.78. The monoisotopic (exact) mass is 127 g/mol. The third-order valence-electron chi connectivity index (χ3n) is 1.78. The molecule has 0 heterocycles. The van der Waals surface area contributed by atoms with Crippen molar-refractivity contribution < 1.29 is 4.74 Å². The highest BCUT2D eigenvalue weighted by Gasteiger charge is 2.22. The van der Waals surface area contributed by atoms with Gasteiger partial charge in [-0.25, -0.2) is 0 Å². The van der Waals surface area contributed by atoms with Crippen molar-refractivity contribution in [2.45, 2.75) is 26.2 Å². The van der Waals surface area contributed by atoms with Crippen LogP contribution in [0.25, 0.3) is 0 Å². The zero-order valence-corrected chi connectivity index (χ0v) is 5.81. The molecule has 0 aliphatic heterocycles. The van der Waals surface area contributed by atoms with Gasteiger partial charge in [0.25, 0.3) is 0 Å². The van der Waals surface area contributed by atoms with E-state index in [9.17, 15) is 0 Å². The molecule has 1 aliphatic rings. The van der Waals surface area contributed by atoms with Gasteiger partial charge in [-0.2, -0.15) is 0 Å². The minimum Gasteiger partial charge on any atom is -0.481 e. The second-order valence-electron chi connectivity index (χ2n) is 2.43. The van der Waals surface area contributed by atoms with Crippen molar-refractivity contribution in [3.8, 4) is 0 Å². The van der Waals surface area contributed by atoms with Gasteiger partial charge >= 0.3 is 0 Å². The van der Waals surface area contributed by atoms with Crippen LogP contribution < -0.4 is 0 Å². The summed E-state index contributed by atoms with van der Waals surface area (Å²) in [6.07, 6.45) is 3.61. The molecule has 0 amide bonds. The van der Waals surface area contributed by atoms with Gasteiger partial charge in [0.15, 0.2) is 5.90 Å².